The number of nitrogens with one attached hydrogen (secondary N) is 1. The van der Waals surface area contributed by atoms with Crippen molar-refractivity contribution in [2.45, 2.75) is 18.9 Å². The maximum Gasteiger partial charge on any atom is 0.320 e. The maximum atomic E-state index is 11.1. The summed E-state index contributed by atoms with van der Waals surface area (Å²) in [6.07, 6.45) is 1.65. The highest BCUT2D eigenvalue weighted by Gasteiger charge is 2.28. The number of rotatable bonds is 7. The van der Waals surface area contributed by atoms with Crippen LogP contribution in [0.15, 0.2) is 18.2 Å². The number of likely N-dealkylation sites (N-methyl/N-ethyl adjacent to an activating group) is 1. The molecule has 0 bridgehead atoms. The van der Waals surface area contributed by atoms with Gasteiger partial charge in [0.2, 0.25) is 0 Å². The lowest BCUT2D eigenvalue weighted by molar-refractivity contribution is -0.139. The zero-order valence-corrected chi connectivity index (χ0v) is 13.3. The summed E-state index contributed by atoms with van der Waals surface area (Å²) in [5, 5.41) is 12.0. The van der Waals surface area contributed by atoms with Gasteiger partial charge in [-0.05, 0) is 37.9 Å². The number of hydrogen-bond donors (Lipinski definition) is 2. The Kier molecular flexibility index (Phi) is 5.49. The predicted octanol–water partition coefficient (Wildman–Crippen LogP) is 1.59. The zero-order chi connectivity index (χ0) is 16.1. The van der Waals surface area contributed by atoms with E-state index in [1.807, 2.05) is 18.2 Å². The van der Waals surface area contributed by atoms with Gasteiger partial charge in [0.15, 0.2) is 11.5 Å². The van der Waals surface area contributed by atoms with Gasteiger partial charge in [0, 0.05) is 24.8 Å². The Morgan fingerprint density at radius 3 is 2.73 bits per heavy atom. The third kappa shape index (κ3) is 3.62. The molecule has 0 amide bonds. The van der Waals surface area contributed by atoms with Gasteiger partial charge in [-0.1, -0.05) is 0 Å². The number of carboxylic acid groups (broad SMARTS) is 1. The molecule has 2 N–H and O–H groups in total. The Labute approximate surface area is 131 Å². The molecule has 1 fully saturated rings. The average Bonchev–Trinajstić information content (AvgIpc) is 3.00. The second kappa shape index (κ2) is 7.35. The lowest BCUT2D eigenvalue weighted by Crippen LogP contribution is -2.36. The highest BCUT2D eigenvalue weighted by Crippen LogP contribution is 2.34. The number of benzene rings is 1. The maximum absolute atomic E-state index is 11.1. The van der Waals surface area contributed by atoms with E-state index >= 15 is 0 Å². The van der Waals surface area contributed by atoms with Crippen molar-refractivity contribution in [2.24, 2.45) is 5.92 Å². The summed E-state index contributed by atoms with van der Waals surface area (Å²) < 4.78 is 10.6. The number of methoxy groups -OCH3 is 2. The molecule has 122 valence electrons. The average molecular weight is 308 g/mol. The van der Waals surface area contributed by atoms with Crippen molar-refractivity contribution in [1.82, 2.24) is 5.32 Å². The molecule has 2 atom stereocenters. The van der Waals surface area contributed by atoms with Crippen molar-refractivity contribution in [3.63, 3.8) is 0 Å². The zero-order valence-electron chi connectivity index (χ0n) is 13.3. The monoisotopic (exact) mass is 308 g/mol. The molecule has 6 nitrogen and oxygen atoms in total. The number of hydrogen-bond acceptors (Lipinski definition) is 5. The smallest absolute Gasteiger partial charge is 0.320 e. The minimum absolute atomic E-state index is 0.377. The van der Waals surface area contributed by atoms with E-state index in [0.29, 0.717) is 23.8 Å². The Morgan fingerprint density at radius 2 is 2.14 bits per heavy atom. The molecular formula is C16H24N2O4. The van der Waals surface area contributed by atoms with Crippen molar-refractivity contribution in [3.05, 3.63) is 18.2 Å². The third-order valence-corrected chi connectivity index (χ3v) is 4.23. The summed E-state index contributed by atoms with van der Waals surface area (Å²) in [6.45, 7) is 1.79. The second-order valence-corrected chi connectivity index (χ2v) is 5.56. The van der Waals surface area contributed by atoms with E-state index in [0.717, 1.165) is 25.2 Å². The standard InChI is InChI=1S/C16H24N2O4/c1-17-13(16(19)20)8-11-6-7-18(10-11)12-4-5-14(21-2)15(9-12)22-3/h4-5,9,11,13,17H,6-8,10H2,1-3H3,(H,19,20). The van der Waals surface area contributed by atoms with Crippen molar-refractivity contribution >= 4 is 11.7 Å². The van der Waals surface area contributed by atoms with Crippen molar-refractivity contribution < 1.29 is 19.4 Å². The van der Waals surface area contributed by atoms with Crippen LogP contribution in [0.3, 0.4) is 0 Å². The molecule has 1 aromatic carbocycles. The van der Waals surface area contributed by atoms with Crippen LogP contribution in [0.25, 0.3) is 0 Å². The predicted molar refractivity (Wildman–Crippen MR) is 85.0 cm³/mol. The number of anilines is 1. The fourth-order valence-electron chi connectivity index (χ4n) is 2.96. The molecule has 6 heteroatoms. The van der Waals surface area contributed by atoms with Crippen molar-refractivity contribution in [3.8, 4) is 11.5 Å². The molecule has 1 saturated heterocycles. The first kappa shape index (κ1) is 16.4. The van der Waals surface area contributed by atoms with E-state index in [1.165, 1.54) is 0 Å². The Bertz CT molecular complexity index is 521. The molecule has 0 aromatic heterocycles. The van der Waals surface area contributed by atoms with Gasteiger partial charge in [-0.3, -0.25) is 4.79 Å². The van der Waals surface area contributed by atoms with E-state index in [1.54, 1.807) is 21.3 Å². The minimum atomic E-state index is -0.785. The van der Waals surface area contributed by atoms with Gasteiger partial charge in [-0.2, -0.15) is 0 Å². The van der Waals surface area contributed by atoms with E-state index in [-0.39, 0.29) is 0 Å². The summed E-state index contributed by atoms with van der Waals surface area (Å²) in [5.41, 5.74) is 1.08. The molecular weight excluding hydrogens is 284 g/mol. The first-order chi connectivity index (χ1) is 10.6. The summed E-state index contributed by atoms with van der Waals surface area (Å²) in [5.74, 6) is 1.01. The van der Waals surface area contributed by atoms with Crippen LogP contribution in [0.1, 0.15) is 12.8 Å². The summed E-state index contributed by atoms with van der Waals surface area (Å²) in [7, 11) is 4.94. The van der Waals surface area contributed by atoms with Gasteiger partial charge in [-0.25, -0.2) is 0 Å². The second-order valence-electron chi connectivity index (χ2n) is 5.56. The van der Waals surface area contributed by atoms with Gasteiger partial charge in [0.05, 0.1) is 14.2 Å². The number of carbonyl (C=O) groups is 1. The first-order valence-electron chi connectivity index (χ1n) is 7.46. The molecule has 0 radical (unpaired) electrons. The van der Waals surface area contributed by atoms with E-state index < -0.39 is 12.0 Å². The van der Waals surface area contributed by atoms with E-state index in [4.69, 9.17) is 14.6 Å². The Balaban J connectivity index is 2.02. The molecule has 0 aliphatic carbocycles. The SMILES string of the molecule is CNC(CC1CCN(c2ccc(OC)c(OC)c2)C1)C(=O)O. The number of nitrogens with zero attached hydrogens (tertiary/aromatic N) is 1. The molecule has 1 heterocycles. The van der Waals surface area contributed by atoms with Gasteiger partial charge in [0.25, 0.3) is 0 Å². The molecule has 1 aliphatic heterocycles. The van der Waals surface area contributed by atoms with Crippen LogP contribution in [0.4, 0.5) is 5.69 Å². The number of ether oxygens (including phenoxy) is 2. The van der Waals surface area contributed by atoms with Gasteiger partial charge in [0.1, 0.15) is 6.04 Å². The minimum Gasteiger partial charge on any atom is -0.493 e. The molecule has 0 saturated carbocycles. The van der Waals surface area contributed by atoms with Crippen LogP contribution in [-0.4, -0.2) is 51.5 Å². The fraction of sp³-hybridized carbons (Fsp3) is 0.562. The largest absolute Gasteiger partial charge is 0.493 e. The van der Waals surface area contributed by atoms with Gasteiger partial charge in [-0.15, -0.1) is 0 Å². The summed E-state index contributed by atoms with van der Waals surface area (Å²) in [6, 6.07) is 5.40. The highest BCUT2D eigenvalue weighted by molar-refractivity contribution is 5.73. The third-order valence-electron chi connectivity index (χ3n) is 4.23. The molecule has 0 spiro atoms. The lowest BCUT2D eigenvalue weighted by Gasteiger charge is -2.21. The van der Waals surface area contributed by atoms with Crippen LogP contribution in [-0.2, 0) is 4.79 Å². The molecule has 22 heavy (non-hydrogen) atoms. The van der Waals surface area contributed by atoms with E-state index in [2.05, 4.69) is 10.2 Å². The summed E-state index contributed by atoms with van der Waals surface area (Å²) >= 11 is 0. The first-order valence-corrected chi connectivity index (χ1v) is 7.46. The van der Waals surface area contributed by atoms with Crippen LogP contribution in [0.5, 0.6) is 11.5 Å². The topological polar surface area (TPSA) is 71.0 Å². The Morgan fingerprint density at radius 1 is 1.41 bits per heavy atom. The van der Waals surface area contributed by atoms with Crippen LogP contribution >= 0.6 is 0 Å². The molecule has 1 aromatic rings. The normalized spacial score (nSPS) is 19.0. The van der Waals surface area contributed by atoms with Crippen LogP contribution in [0.2, 0.25) is 0 Å². The lowest BCUT2D eigenvalue weighted by atomic mass is 9.99. The quantitative estimate of drug-likeness (QED) is 0.797. The van der Waals surface area contributed by atoms with Crippen molar-refractivity contribution in [2.75, 3.05) is 39.3 Å². The van der Waals surface area contributed by atoms with Crippen molar-refractivity contribution in [1.29, 1.82) is 0 Å². The fourth-order valence-corrected chi connectivity index (χ4v) is 2.96. The highest BCUT2D eigenvalue weighted by atomic mass is 16.5. The molecule has 1 aliphatic rings. The number of aliphatic carboxylic acids is 1. The van der Waals surface area contributed by atoms with Gasteiger partial charge < -0.3 is 24.8 Å². The number of carboxylic acids is 1. The Hall–Kier alpha value is -1.95. The summed E-state index contributed by atoms with van der Waals surface area (Å²) in [4.78, 5) is 13.4. The van der Waals surface area contributed by atoms with E-state index in [9.17, 15) is 4.79 Å². The molecule has 2 rings (SSSR count). The van der Waals surface area contributed by atoms with Gasteiger partial charge >= 0.3 is 5.97 Å². The van der Waals surface area contributed by atoms with Crippen LogP contribution in [0, 0.1) is 5.92 Å². The van der Waals surface area contributed by atoms with Crippen LogP contribution < -0.4 is 19.7 Å². The molecule has 2 unspecified atom stereocenters.